The Kier molecular flexibility index (Phi) is 2.61. The molecule has 0 saturated heterocycles. The summed E-state index contributed by atoms with van der Waals surface area (Å²) < 4.78 is 1.78. The predicted octanol–water partition coefficient (Wildman–Crippen LogP) is 2.46. The van der Waals surface area contributed by atoms with Gasteiger partial charge in [0, 0.05) is 11.6 Å². The number of nitrogens with zero attached hydrogens (tertiary/aromatic N) is 3. The van der Waals surface area contributed by atoms with Gasteiger partial charge in [-0.25, -0.2) is 9.78 Å². The van der Waals surface area contributed by atoms with Crippen molar-refractivity contribution in [3.63, 3.8) is 0 Å². The van der Waals surface area contributed by atoms with Gasteiger partial charge < -0.3 is 9.97 Å². The van der Waals surface area contributed by atoms with Gasteiger partial charge in [0.1, 0.15) is 5.65 Å². The Morgan fingerprint density at radius 1 is 1.38 bits per heavy atom. The zero-order valence-corrected chi connectivity index (χ0v) is 11.5. The fourth-order valence-corrected chi connectivity index (χ4v) is 3.51. The molecule has 1 aliphatic rings. The van der Waals surface area contributed by atoms with Gasteiger partial charge in [-0.15, -0.1) is 0 Å². The number of fused-ring (bicyclic) bond motifs is 3. The van der Waals surface area contributed by atoms with Crippen LogP contribution in [0, 0.1) is 17.2 Å². The zero-order valence-electron chi connectivity index (χ0n) is 11.5. The average Bonchev–Trinajstić information content (AvgIpc) is 3.09. The van der Waals surface area contributed by atoms with Gasteiger partial charge in [-0.1, -0.05) is 12.8 Å². The number of H-pyrrole nitrogens is 2. The Morgan fingerprint density at radius 3 is 3.10 bits per heavy atom. The van der Waals surface area contributed by atoms with Gasteiger partial charge in [0.2, 0.25) is 0 Å². The molecule has 1 fully saturated rings. The van der Waals surface area contributed by atoms with Crippen LogP contribution in [0.5, 0.6) is 0 Å². The molecule has 0 aliphatic heterocycles. The van der Waals surface area contributed by atoms with E-state index in [0.717, 1.165) is 47.8 Å². The summed E-state index contributed by atoms with van der Waals surface area (Å²) in [6.45, 7) is 0. The standard InChI is InChI=1S/C15H15N5O/c16-7-9-3-1-2-4-12(9)20-13-10-5-6-17-14(10)18-8-11(13)19-15(20)21/h5-6,8-9,12H,1-4H2,(H,17,18)(H,19,21). The van der Waals surface area contributed by atoms with Crippen molar-refractivity contribution in [2.45, 2.75) is 31.7 Å². The van der Waals surface area contributed by atoms with Gasteiger partial charge in [0.05, 0.1) is 35.3 Å². The zero-order chi connectivity index (χ0) is 14.4. The summed E-state index contributed by atoms with van der Waals surface area (Å²) in [5, 5.41) is 10.3. The molecular weight excluding hydrogens is 266 g/mol. The van der Waals surface area contributed by atoms with Crippen LogP contribution in [-0.2, 0) is 0 Å². The third kappa shape index (κ3) is 1.70. The van der Waals surface area contributed by atoms with E-state index in [2.05, 4.69) is 21.0 Å². The summed E-state index contributed by atoms with van der Waals surface area (Å²) in [6, 6.07) is 4.26. The monoisotopic (exact) mass is 281 g/mol. The first-order valence-electron chi connectivity index (χ1n) is 7.25. The third-order valence-corrected chi connectivity index (χ3v) is 4.49. The molecule has 106 valence electrons. The highest BCUT2D eigenvalue weighted by atomic mass is 16.1. The van der Waals surface area contributed by atoms with E-state index in [1.165, 1.54) is 0 Å². The second-order valence-corrected chi connectivity index (χ2v) is 5.65. The van der Waals surface area contributed by atoms with E-state index < -0.39 is 0 Å². The molecule has 3 aromatic heterocycles. The molecule has 3 aromatic rings. The van der Waals surface area contributed by atoms with E-state index in [9.17, 15) is 10.1 Å². The Morgan fingerprint density at radius 2 is 2.24 bits per heavy atom. The molecule has 2 N–H and O–H groups in total. The van der Waals surface area contributed by atoms with Crippen LogP contribution in [0.3, 0.4) is 0 Å². The van der Waals surface area contributed by atoms with Crippen LogP contribution in [0.1, 0.15) is 31.7 Å². The van der Waals surface area contributed by atoms with Crippen molar-refractivity contribution in [3.8, 4) is 6.07 Å². The van der Waals surface area contributed by atoms with Crippen LogP contribution in [0.15, 0.2) is 23.3 Å². The molecule has 0 aromatic carbocycles. The summed E-state index contributed by atoms with van der Waals surface area (Å²) in [7, 11) is 0. The summed E-state index contributed by atoms with van der Waals surface area (Å²) in [4.78, 5) is 22.7. The first-order chi connectivity index (χ1) is 10.3. The van der Waals surface area contributed by atoms with Crippen LogP contribution in [-0.4, -0.2) is 19.5 Å². The van der Waals surface area contributed by atoms with E-state index in [1.54, 1.807) is 10.8 Å². The molecule has 1 saturated carbocycles. The van der Waals surface area contributed by atoms with Crippen molar-refractivity contribution < 1.29 is 0 Å². The average molecular weight is 281 g/mol. The smallest absolute Gasteiger partial charge is 0.326 e. The maximum Gasteiger partial charge on any atom is 0.326 e. The van der Waals surface area contributed by atoms with E-state index in [4.69, 9.17) is 0 Å². The number of pyridine rings is 1. The first-order valence-corrected chi connectivity index (χ1v) is 7.25. The van der Waals surface area contributed by atoms with Gasteiger partial charge in [-0.2, -0.15) is 5.26 Å². The van der Waals surface area contributed by atoms with Gasteiger partial charge in [0.25, 0.3) is 0 Å². The van der Waals surface area contributed by atoms with Crippen LogP contribution in [0.25, 0.3) is 22.1 Å². The van der Waals surface area contributed by atoms with Crippen molar-refractivity contribution in [2.24, 2.45) is 5.92 Å². The number of hydrogen-bond acceptors (Lipinski definition) is 3. The normalized spacial score (nSPS) is 22.6. The summed E-state index contributed by atoms with van der Waals surface area (Å²) in [6.07, 6.45) is 7.36. The highest BCUT2D eigenvalue weighted by molar-refractivity contribution is 6.00. The number of hydrogen-bond donors (Lipinski definition) is 2. The molecule has 2 atom stereocenters. The Hall–Kier alpha value is -2.55. The van der Waals surface area contributed by atoms with Crippen LogP contribution in [0.4, 0.5) is 0 Å². The molecule has 4 rings (SSSR count). The van der Waals surface area contributed by atoms with Crippen molar-refractivity contribution in [3.05, 3.63) is 28.9 Å². The third-order valence-electron chi connectivity index (χ3n) is 4.49. The van der Waals surface area contributed by atoms with Crippen molar-refractivity contribution in [2.75, 3.05) is 0 Å². The lowest BCUT2D eigenvalue weighted by Crippen LogP contribution is -2.29. The van der Waals surface area contributed by atoms with Crippen molar-refractivity contribution in [1.29, 1.82) is 5.26 Å². The molecule has 0 bridgehead atoms. The molecule has 1 aliphatic carbocycles. The minimum absolute atomic E-state index is 0.0505. The summed E-state index contributed by atoms with van der Waals surface area (Å²) >= 11 is 0. The summed E-state index contributed by atoms with van der Waals surface area (Å²) in [5.74, 6) is -0.0994. The molecule has 0 radical (unpaired) electrons. The Labute approximate surface area is 120 Å². The van der Waals surface area contributed by atoms with Crippen LogP contribution in [0.2, 0.25) is 0 Å². The molecule has 2 unspecified atom stereocenters. The number of nitrogens with one attached hydrogen (secondary N) is 2. The minimum atomic E-state index is -0.146. The van der Waals surface area contributed by atoms with Gasteiger partial charge in [-0.3, -0.25) is 4.57 Å². The number of aromatic nitrogens is 4. The highest BCUT2D eigenvalue weighted by Gasteiger charge is 2.29. The lowest BCUT2D eigenvalue weighted by Gasteiger charge is -2.27. The Balaban J connectivity index is 2.03. The maximum atomic E-state index is 12.4. The molecule has 0 spiro atoms. The number of nitriles is 1. The van der Waals surface area contributed by atoms with Crippen molar-refractivity contribution in [1.82, 2.24) is 19.5 Å². The molecule has 0 amide bonds. The van der Waals surface area contributed by atoms with E-state index in [-0.39, 0.29) is 17.6 Å². The van der Waals surface area contributed by atoms with Gasteiger partial charge in [0.15, 0.2) is 0 Å². The predicted molar refractivity (Wildman–Crippen MR) is 78.8 cm³/mol. The second-order valence-electron chi connectivity index (χ2n) is 5.65. The highest BCUT2D eigenvalue weighted by Crippen LogP contribution is 2.35. The number of aromatic amines is 2. The fraction of sp³-hybridized carbons (Fsp3) is 0.400. The number of rotatable bonds is 1. The topological polar surface area (TPSA) is 90.3 Å². The molecular formula is C15H15N5O. The largest absolute Gasteiger partial charge is 0.346 e. The minimum Gasteiger partial charge on any atom is -0.346 e. The van der Waals surface area contributed by atoms with E-state index in [0.29, 0.717) is 0 Å². The quantitative estimate of drug-likeness (QED) is 0.717. The van der Waals surface area contributed by atoms with Crippen LogP contribution < -0.4 is 5.69 Å². The maximum absolute atomic E-state index is 12.4. The second kappa shape index (κ2) is 4.48. The summed E-state index contributed by atoms with van der Waals surface area (Å²) in [5.41, 5.74) is 2.21. The van der Waals surface area contributed by atoms with Gasteiger partial charge >= 0.3 is 5.69 Å². The van der Waals surface area contributed by atoms with Gasteiger partial charge in [-0.05, 0) is 18.9 Å². The fourth-order valence-electron chi connectivity index (χ4n) is 3.51. The molecule has 21 heavy (non-hydrogen) atoms. The molecule has 3 heterocycles. The molecule has 6 heteroatoms. The lowest BCUT2D eigenvalue weighted by atomic mass is 9.85. The lowest BCUT2D eigenvalue weighted by molar-refractivity contribution is 0.290. The van der Waals surface area contributed by atoms with Crippen LogP contribution >= 0.6 is 0 Å². The number of imidazole rings is 1. The van der Waals surface area contributed by atoms with E-state index in [1.807, 2.05) is 12.3 Å². The SMILES string of the molecule is N#CC1CCCCC1n1c(=O)[nH]c2cnc3[nH]ccc3c21. The first kappa shape index (κ1) is 12.2. The Bertz CT molecular complexity index is 910. The van der Waals surface area contributed by atoms with E-state index >= 15 is 0 Å². The van der Waals surface area contributed by atoms with Crippen molar-refractivity contribution >= 4 is 22.1 Å². The molecule has 6 nitrogen and oxygen atoms in total.